The van der Waals surface area contributed by atoms with Crippen LogP contribution in [0.15, 0.2) is 35.6 Å². The summed E-state index contributed by atoms with van der Waals surface area (Å²) in [5.74, 6) is 0.547. The molecule has 10 heteroatoms. The molecule has 3 aromatic rings. The van der Waals surface area contributed by atoms with E-state index in [1.54, 1.807) is 18.3 Å². The number of aromatic nitrogens is 4. The molecule has 4 rings (SSSR count). The smallest absolute Gasteiger partial charge is 0.317 e. The van der Waals surface area contributed by atoms with Crippen LogP contribution in [0.3, 0.4) is 0 Å². The summed E-state index contributed by atoms with van der Waals surface area (Å²) in [7, 11) is -1.18. The molecule has 0 radical (unpaired) electrons. The number of thiazole rings is 1. The number of hydrogen-bond donors (Lipinski definition) is 1. The Kier molecular flexibility index (Phi) is 9.05. The molecular formula is C26H37N5O3SSi. The van der Waals surface area contributed by atoms with Gasteiger partial charge in [-0.15, -0.1) is 0 Å². The Bertz CT molecular complexity index is 1210. The molecule has 0 aliphatic heterocycles. The largest absolute Gasteiger partial charge is 0.460 e. The first-order valence-electron chi connectivity index (χ1n) is 12.7. The van der Waals surface area contributed by atoms with Crippen LogP contribution < -0.4 is 9.54 Å². The van der Waals surface area contributed by atoms with E-state index in [1.807, 2.05) is 23.8 Å². The van der Waals surface area contributed by atoms with Crippen molar-refractivity contribution in [2.45, 2.75) is 84.2 Å². The number of nitrogens with zero attached hydrogens (tertiary/aromatic N) is 5. The molecule has 8 nitrogen and oxygen atoms in total. The van der Waals surface area contributed by atoms with Crippen molar-refractivity contribution in [1.29, 1.82) is 0 Å². The number of ether oxygens (including phenoxy) is 2. The van der Waals surface area contributed by atoms with Gasteiger partial charge < -0.3 is 14.6 Å². The average Bonchev–Trinajstić information content (AvgIpc) is 3.24. The summed E-state index contributed by atoms with van der Waals surface area (Å²) < 4.78 is 14.2. The Morgan fingerprint density at radius 1 is 1.17 bits per heavy atom. The maximum absolute atomic E-state index is 9.50. The fourth-order valence-electron chi connectivity index (χ4n) is 3.99. The Hall–Kier alpha value is -2.40. The van der Waals surface area contributed by atoms with E-state index < -0.39 is 8.07 Å². The number of pyridine rings is 1. The lowest BCUT2D eigenvalue weighted by molar-refractivity contribution is 0.0855. The number of aliphatic hydroxyl groups is 1. The molecule has 194 valence electrons. The van der Waals surface area contributed by atoms with Gasteiger partial charge in [0.25, 0.3) is 0 Å². The lowest BCUT2D eigenvalue weighted by atomic mass is 9.98. The zero-order valence-electron chi connectivity index (χ0n) is 21.7. The average molecular weight is 528 g/mol. The summed E-state index contributed by atoms with van der Waals surface area (Å²) in [6.07, 6.45) is 9.67. The summed E-state index contributed by atoms with van der Waals surface area (Å²) in [4.78, 5) is 20.1. The third kappa shape index (κ3) is 7.80. The van der Waals surface area contributed by atoms with Crippen molar-refractivity contribution < 1.29 is 14.6 Å². The molecule has 0 unspecified atom stereocenters. The van der Waals surface area contributed by atoms with Crippen molar-refractivity contribution in [2.24, 2.45) is 4.99 Å². The highest BCUT2D eigenvalue weighted by atomic mass is 32.1. The second-order valence-electron chi connectivity index (χ2n) is 10.5. The van der Waals surface area contributed by atoms with Gasteiger partial charge in [0.1, 0.15) is 12.8 Å². The Balaban J connectivity index is 1.63. The molecule has 1 fully saturated rings. The molecular weight excluding hydrogens is 490 g/mol. The van der Waals surface area contributed by atoms with E-state index in [1.165, 1.54) is 30.6 Å². The van der Waals surface area contributed by atoms with Gasteiger partial charge in [-0.2, -0.15) is 4.98 Å². The normalized spacial score (nSPS) is 15.4. The van der Waals surface area contributed by atoms with Gasteiger partial charge in [-0.25, -0.2) is 15.0 Å². The number of rotatable bonds is 10. The first-order valence-corrected chi connectivity index (χ1v) is 17.2. The lowest BCUT2D eigenvalue weighted by Gasteiger charge is -2.21. The zero-order chi connectivity index (χ0) is 25.5. The second-order valence-corrected chi connectivity index (χ2v) is 17.2. The minimum Gasteiger partial charge on any atom is -0.460 e. The molecule has 36 heavy (non-hydrogen) atoms. The molecule has 1 aliphatic rings. The second kappa shape index (κ2) is 12.2. The monoisotopic (exact) mass is 527 g/mol. The Morgan fingerprint density at radius 2 is 1.97 bits per heavy atom. The van der Waals surface area contributed by atoms with Gasteiger partial charge in [-0.1, -0.05) is 37.4 Å². The van der Waals surface area contributed by atoms with Crippen LogP contribution in [0.4, 0.5) is 5.82 Å². The third-order valence-electron chi connectivity index (χ3n) is 6.06. The van der Waals surface area contributed by atoms with Gasteiger partial charge in [0.05, 0.1) is 17.2 Å². The molecule has 0 atom stereocenters. The first-order chi connectivity index (χ1) is 17.3. The van der Waals surface area contributed by atoms with Crippen LogP contribution in [0.5, 0.6) is 6.01 Å². The van der Waals surface area contributed by atoms with E-state index in [0.717, 1.165) is 52.1 Å². The summed E-state index contributed by atoms with van der Waals surface area (Å²) in [6, 6.07) is 7.10. The van der Waals surface area contributed by atoms with Crippen LogP contribution in [-0.4, -0.2) is 45.4 Å². The zero-order valence-corrected chi connectivity index (χ0v) is 23.6. The van der Waals surface area contributed by atoms with Crippen LogP contribution >= 0.6 is 11.3 Å². The van der Waals surface area contributed by atoms with E-state index in [9.17, 15) is 5.11 Å². The topological polar surface area (TPSA) is 94.7 Å². The van der Waals surface area contributed by atoms with Crippen LogP contribution in [0, 0.1) is 6.92 Å². The third-order valence-corrected chi connectivity index (χ3v) is 8.81. The van der Waals surface area contributed by atoms with Gasteiger partial charge in [0, 0.05) is 32.8 Å². The minimum atomic E-state index is -1.18. The van der Waals surface area contributed by atoms with Crippen molar-refractivity contribution in [1.82, 2.24) is 19.5 Å². The molecule has 3 heterocycles. The van der Waals surface area contributed by atoms with Crippen LogP contribution in [0.25, 0.3) is 10.6 Å². The van der Waals surface area contributed by atoms with Gasteiger partial charge in [-0.05, 0) is 62.4 Å². The number of aliphatic hydroxyl groups excluding tert-OH is 1. The summed E-state index contributed by atoms with van der Waals surface area (Å²) in [5.41, 5.74) is 2.45. The molecule has 0 saturated heterocycles. The molecule has 1 saturated carbocycles. The molecule has 1 aliphatic carbocycles. The maximum Gasteiger partial charge on any atom is 0.317 e. The van der Waals surface area contributed by atoms with Crippen molar-refractivity contribution in [2.75, 3.05) is 6.61 Å². The summed E-state index contributed by atoms with van der Waals surface area (Å²) in [6.45, 7) is 10.1. The quantitative estimate of drug-likeness (QED) is 0.278. The fourth-order valence-corrected chi connectivity index (χ4v) is 5.69. The molecule has 0 bridgehead atoms. The van der Waals surface area contributed by atoms with Gasteiger partial charge in [-0.3, -0.25) is 4.57 Å². The standard InChI is InChI=1S/C26H37N5O3SSi/c1-19-14-22(29-25(28-19)34-21-8-6-5-7-9-21)23-16-31(18-33-12-13-36(2,3)4)26(35-23)30-24-15-20(17-32)10-11-27-24/h10-11,14-16,21,32H,5-9,12-13,17-18H2,1-4H3. The summed E-state index contributed by atoms with van der Waals surface area (Å²) >= 11 is 1.52. The Morgan fingerprint density at radius 3 is 2.72 bits per heavy atom. The van der Waals surface area contributed by atoms with E-state index in [4.69, 9.17) is 19.5 Å². The van der Waals surface area contributed by atoms with Gasteiger partial charge >= 0.3 is 6.01 Å². The number of aryl methyl sites for hydroxylation is 1. The van der Waals surface area contributed by atoms with Crippen molar-refractivity contribution in [3.63, 3.8) is 0 Å². The van der Waals surface area contributed by atoms with E-state index in [-0.39, 0.29) is 12.7 Å². The highest BCUT2D eigenvalue weighted by molar-refractivity contribution is 7.12. The van der Waals surface area contributed by atoms with Crippen LogP contribution in [-0.2, 0) is 18.1 Å². The van der Waals surface area contributed by atoms with Crippen LogP contribution in [0.2, 0.25) is 25.7 Å². The maximum atomic E-state index is 9.50. The van der Waals surface area contributed by atoms with Crippen molar-refractivity contribution in [3.8, 4) is 16.6 Å². The molecule has 0 spiro atoms. The number of hydrogen-bond acceptors (Lipinski definition) is 8. The lowest BCUT2D eigenvalue weighted by Crippen LogP contribution is -2.23. The SMILES string of the molecule is Cc1cc(-c2cn(COCC[Si](C)(C)C)c(=Nc3cc(CO)ccn3)s2)nc(OC2CCCCC2)n1. The summed E-state index contributed by atoms with van der Waals surface area (Å²) in [5, 5.41) is 9.50. The van der Waals surface area contributed by atoms with E-state index >= 15 is 0 Å². The Labute approximate surface area is 218 Å². The van der Waals surface area contributed by atoms with Gasteiger partial charge in [0.2, 0.25) is 0 Å². The van der Waals surface area contributed by atoms with Gasteiger partial charge in [0.15, 0.2) is 10.6 Å². The predicted octanol–water partition coefficient (Wildman–Crippen LogP) is 5.46. The molecule has 3 aromatic heterocycles. The van der Waals surface area contributed by atoms with E-state index in [2.05, 4.69) is 29.6 Å². The molecule has 0 aromatic carbocycles. The van der Waals surface area contributed by atoms with Crippen molar-refractivity contribution >= 4 is 25.2 Å². The van der Waals surface area contributed by atoms with E-state index in [0.29, 0.717) is 18.6 Å². The highest BCUT2D eigenvalue weighted by Gasteiger charge is 2.18. The van der Waals surface area contributed by atoms with Crippen molar-refractivity contribution in [3.05, 3.63) is 46.7 Å². The fraction of sp³-hybridized carbons (Fsp3) is 0.538. The minimum absolute atomic E-state index is 0.0511. The molecule has 0 amide bonds. The molecule has 1 N–H and O–H groups in total. The van der Waals surface area contributed by atoms with Crippen LogP contribution in [0.1, 0.15) is 43.4 Å². The highest BCUT2D eigenvalue weighted by Crippen LogP contribution is 2.26. The predicted molar refractivity (Wildman–Crippen MR) is 145 cm³/mol. The first kappa shape index (κ1) is 26.7.